The Kier molecular flexibility index (Phi) is 5.88. The molecule has 0 saturated carbocycles. The highest BCUT2D eigenvalue weighted by Gasteiger charge is 2.14. The predicted octanol–water partition coefficient (Wildman–Crippen LogP) is 4.10. The number of anilines is 1. The number of hydrogen-bond acceptors (Lipinski definition) is 4. The summed E-state index contributed by atoms with van der Waals surface area (Å²) in [5.41, 5.74) is 3.91. The quantitative estimate of drug-likeness (QED) is 0.471. The second-order valence-electron chi connectivity index (χ2n) is 7.21. The minimum absolute atomic E-state index is 0.0589. The molecule has 1 amide bonds. The Labute approximate surface area is 178 Å². The molecule has 2 N–H and O–H groups in total. The molecular formula is C23H21F2N5O. The summed E-state index contributed by atoms with van der Waals surface area (Å²) in [7, 11) is 0. The normalized spacial score (nSPS) is 10.9. The van der Waals surface area contributed by atoms with Gasteiger partial charge in [0.15, 0.2) is 5.65 Å². The minimum atomic E-state index is -0.670. The average molecular weight is 421 g/mol. The highest BCUT2D eigenvalue weighted by molar-refractivity contribution is 5.78. The van der Waals surface area contributed by atoms with E-state index in [2.05, 4.69) is 20.6 Å². The molecule has 0 unspecified atom stereocenters. The number of nitrogens with zero attached hydrogens (tertiary/aromatic N) is 3. The Hall–Kier alpha value is -3.81. The van der Waals surface area contributed by atoms with Gasteiger partial charge < -0.3 is 10.6 Å². The Morgan fingerprint density at radius 2 is 1.94 bits per heavy atom. The van der Waals surface area contributed by atoms with Gasteiger partial charge in [-0.2, -0.15) is 0 Å². The number of amides is 1. The zero-order valence-corrected chi connectivity index (χ0v) is 16.9. The van der Waals surface area contributed by atoms with Crippen molar-refractivity contribution in [2.45, 2.75) is 19.9 Å². The molecule has 0 saturated heterocycles. The highest BCUT2D eigenvalue weighted by atomic mass is 19.1. The van der Waals surface area contributed by atoms with Gasteiger partial charge >= 0.3 is 0 Å². The van der Waals surface area contributed by atoms with Crippen LogP contribution in [0.5, 0.6) is 0 Å². The van der Waals surface area contributed by atoms with Gasteiger partial charge in [-0.25, -0.2) is 13.8 Å². The molecule has 2 heterocycles. The molecule has 4 rings (SSSR count). The van der Waals surface area contributed by atoms with Gasteiger partial charge in [0.2, 0.25) is 5.91 Å². The maximum atomic E-state index is 13.3. The Morgan fingerprint density at radius 3 is 2.71 bits per heavy atom. The maximum Gasteiger partial charge on any atom is 0.222 e. The van der Waals surface area contributed by atoms with E-state index in [1.54, 1.807) is 12.4 Å². The van der Waals surface area contributed by atoms with E-state index < -0.39 is 11.6 Å². The number of benzene rings is 2. The van der Waals surface area contributed by atoms with Gasteiger partial charge in [0.05, 0.1) is 6.20 Å². The Balaban J connectivity index is 1.44. The molecule has 0 bridgehead atoms. The number of hydrogen-bond donors (Lipinski definition) is 2. The number of carbonyl (C=O) groups excluding carboxylic acids is 1. The Morgan fingerprint density at radius 1 is 1.13 bits per heavy atom. The molecule has 2 aromatic heterocycles. The predicted molar refractivity (Wildman–Crippen MR) is 114 cm³/mol. The Bertz CT molecular complexity index is 1220. The lowest BCUT2D eigenvalue weighted by Crippen LogP contribution is -2.25. The lowest BCUT2D eigenvalue weighted by Gasteiger charge is -2.10. The third-order valence-electron chi connectivity index (χ3n) is 4.78. The van der Waals surface area contributed by atoms with Gasteiger partial charge in [-0.1, -0.05) is 23.8 Å². The topological polar surface area (TPSA) is 71.3 Å². The van der Waals surface area contributed by atoms with Crippen LogP contribution in [0, 0.1) is 18.6 Å². The third kappa shape index (κ3) is 4.85. The van der Waals surface area contributed by atoms with Crippen molar-refractivity contribution in [3.05, 3.63) is 83.8 Å². The highest BCUT2D eigenvalue weighted by Crippen LogP contribution is 2.29. The zero-order chi connectivity index (χ0) is 21.8. The van der Waals surface area contributed by atoms with Crippen molar-refractivity contribution in [3.63, 3.8) is 0 Å². The first-order chi connectivity index (χ1) is 15.0. The number of nitrogens with one attached hydrogen (secondary N) is 2. The summed E-state index contributed by atoms with van der Waals surface area (Å²) in [6.07, 6.45) is 5.34. The van der Waals surface area contributed by atoms with Gasteiger partial charge in [0.1, 0.15) is 23.1 Å². The summed E-state index contributed by atoms with van der Waals surface area (Å²) >= 11 is 0. The molecular weight excluding hydrogens is 400 g/mol. The third-order valence-corrected chi connectivity index (χ3v) is 4.78. The fourth-order valence-corrected chi connectivity index (χ4v) is 3.37. The van der Waals surface area contributed by atoms with Gasteiger partial charge in [-0.3, -0.25) is 14.2 Å². The van der Waals surface area contributed by atoms with E-state index in [-0.39, 0.29) is 18.9 Å². The number of fused-ring (bicyclic) bond motifs is 1. The summed E-state index contributed by atoms with van der Waals surface area (Å²) in [6.45, 7) is 2.43. The van der Waals surface area contributed by atoms with Crippen LogP contribution in [0.4, 0.5) is 14.6 Å². The first kappa shape index (κ1) is 20.5. The van der Waals surface area contributed by atoms with Gasteiger partial charge in [0.25, 0.3) is 0 Å². The van der Waals surface area contributed by atoms with E-state index >= 15 is 0 Å². The molecule has 0 spiro atoms. The zero-order valence-electron chi connectivity index (χ0n) is 16.9. The lowest BCUT2D eigenvalue weighted by molar-refractivity contribution is -0.121. The number of aromatic nitrogens is 3. The molecule has 0 aliphatic heterocycles. The molecule has 2 aromatic carbocycles. The first-order valence-corrected chi connectivity index (χ1v) is 9.84. The maximum absolute atomic E-state index is 13.3. The van der Waals surface area contributed by atoms with E-state index in [0.29, 0.717) is 17.8 Å². The van der Waals surface area contributed by atoms with Crippen LogP contribution in [-0.2, 0) is 11.3 Å². The van der Waals surface area contributed by atoms with Crippen LogP contribution >= 0.6 is 0 Å². The minimum Gasteiger partial charge on any atom is -0.369 e. The van der Waals surface area contributed by atoms with Gasteiger partial charge in [-0.15, -0.1) is 0 Å². The van der Waals surface area contributed by atoms with Crippen molar-refractivity contribution in [2.24, 2.45) is 0 Å². The lowest BCUT2D eigenvalue weighted by atomic mass is 10.1. The van der Waals surface area contributed by atoms with Crippen LogP contribution in [0.25, 0.3) is 16.9 Å². The molecule has 158 valence electrons. The summed E-state index contributed by atoms with van der Waals surface area (Å²) < 4.78 is 28.4. The van der Waals surface area contributed by atoms with Gasteiger partial charge in [-0.05, 0) is 30.7 Å². The summed E-state index contributed by atoms with van der Waals surface area (Å²) in [4.78, 5) is 21.0. The van der Waals surface area contributed by atoms with Crippen molar-refractivity contribution in [3.8, 4) is 11.3 Å². The molecule has 0 radical (unpaired) electrons. The van der Waals surface area contributed by atoms with Crippen LogP contribution in [0.3, 0.4) is 0 Å². The average Bonchev–Trinajstić information content (AvgIpc) is 3.10. The van der Waals surface area contributed by atoms with Crippen molar-refractivity contribution in [1.29, 1.82) is 0 Å². The van der Waals surface area contributed by atoms with Crippen LogP contribution in [0.15, 0.2) is 61.1 Å². The van der Waals surface area contributed by atoms with Crippen molar-refractivity contribution < 1.29 is 13.6 Å². The van der Waals surface area contributed by atoms with E-state index in [9.17, 15) is 13.6 Å². The number of imidazole rings is 1. The number of carbonyl (C=O) groups is 1. The molecule has 4 aromatic rings. The summed E-state index contributed by atoms with van der Waals surface area (Å²) in [5.74, 6) is -0.804. The van der Waals surface area contributed by atoms with Crippen molar-refractivity contribution >= 4 is 17.4 Å². The molecule has 31 heavy (non-hydrogen) atoms. The molecule has 0 fully saturated rings. The molecule has 0 aliphatic carbocycles. The number of rotatable bonds is 7. The summed E-state index contributed by atoms with van der Waals surface area (Å²) in [6, 6.07) is 11.2. The number of aryl methyl sites for hydroxylation is 1. The second-order valence-corrected chi connectivity index (χ2v) is 7.21. The molecule has 6 nitrogen and oxygen atoms in total. The first-order valence-electron chi connectivity index (χ1n) is 9.84. The van der Waals surface area contributed by atoms with E-state index in [1.165, 1.54) is 12.1 Å². The van der Waals surface area contributed by atoms with Gasteiger partial charge in [0, 0.05) is 43.5 Å². The fraction of sp³-hybridized carbons (Fsp3) is 0.174. The fourth-order valence-electron chi connectivity index (χ4n) is 3.37. The van der Waals surface area contributed by atoms with Crippen molar-refractivity contribution in [2.75, 3.05) is 11.9 Å². The number of halogens is 2. The molecule has 0 aliphatic rings. The standard InChI is InChI=1S/C23H21F2N5O/c1-15-3-2-4-17(9-15)22-23(30-8-7-26-14-20(30)29-22)27-6-5-21(31)28-13-16-10-18(24)12-19(25)11-16/h2-4,7-12,14,27H,5-6,13H2,1H3,(H,28,31). The van der Waals surface area contributed by atoms with E-state index in [4.69, 9.17) is 0 Å². The van der Waals surface area contributed by atoms with Crippen LogP contribution in [0.1, 0.15) is 17.5 Å². The monoisotopic (exact) mass is 421 g/mol. The largest absolute Gasteiger partial charge is 0.369 e. The smallest absolute Gasteiger partial charge is 0.222 e. The van der Waals surface area contributed by atoms with E-state index in [0.717, 1.165) is 28.7 Å². The second kappa shape index (κ2) is 8.91. The SMILES string of the molecule is Cc1cccc(-c2nc3cnccn3c2NCCC(=O)NCc2cc(F)cc(F)c2)c1. The van der Waals surface area contributed by atoms with E-state index in [1.807, 2.05) is 41.8 Å². The van der Waals surface area contributed by atoms with Crippen molar-refractivity contribution in [1.82, 2.24) is 19.7 Å². The van der Waals surface area contributed by atoms with Crippen LogP contribution < -0.4 is 10.6 Å². The molecule has 0 atom stereocenters. The molecule has 8 heteroatoms. The van der Waals surface area contributed by atoms with Crippen LogP contribution in [0.2, 0.25) is 0 Å². The summed E-state index contributed by atoms with van der Waals surface area (Å²) in [5, 5.41) is 5.97. The van der Waals surface area contributed by atoms with Crippen LogP contribution in [-0.4, -0.2) is 26.8 Å².